The lowest BCUT2D eigenvalue weighted by atomic mass is 9.96. The number of amides is 1. The van der Waals surface area contributed by atoms with Gasteiger partial charge < -0.3 is 15.0 Å². The summed E-state index contributed by atoms with van der Waals surface area (Å²) >= 11 is 0. The van der Waals surface area contributed by atoms with E-state index in [1.807, 2.05) is 45.2 Å². The Morgan fingerprint density at radius 3 is 3.00 bits per heavy atom. The highest BCUT2D eigenvalue weighted by Crippen LogP contribution is 2.29. The summed E-state index contributed by atoms with van der Waals surface area (Å²) in [6, 6.07) is 0. The maximum Gasteiger partial charge on any atom is 0.226 e. The van der Waals surface area contributed by atoms with Gasteiger partial charge in [-0.05, 0) is 14.0 Å². The normalized spacial score (nSPS) is 24.7. The number of ether oxygens (including phenoxy) is 1. The minimum atomic E-state index is -0.471. The van der Waals surface area contributed by atoms with E-state index in [2.05, 4.69) is 10.4 Å². The molecule has 0 radical (unpaired) electrons. The van der Waals surface area contributed by atoms with Crippen LogP contribution in [0.3, 0.4) is 0 Å². The second kappa shape index (κ2) is 5.93. The van der Waals surface area contributed by atoms with E-state index < -0.39 is 5.60 Å². The van der Waals surface area contributed by atoms with Crippen molar-refractivity contribution in [2.24, 2.45) is 13.0 Å². The van der Waals surface area contributed by atoms with Crippen LogP contribution >= 0.6 is 0 Å². The van der Waals surface area contributed by atoms with Gasteiger partial charge in [-0.3, -0.25) is 9.48 Å². The summed E-state index contributed by atoms with van der Waals surface area (Å²) in [5.41, 5.74) is 0.542. The van der Waals surface area contributed by atoms with Gasteiger partial charge in [0.15, 0.2) is 0 Å². The van der Waals surface area contributed by atoms with E-state index in [0.29, 0.717) is 26.2 Å². The van der Waals surface area contributed by atoms with Gasteiger partial charge in [0.1, 0.15) is 5.60 Å². The van der Waals surface area contributed by atoms with Gasteiger partial charge in [0, 0.05) is 37.8 Å². The number of hydrogen-bond donors (Lipinski definition) is 1. The van der Waals surface area contributed by atoms with Gasteiger partial charge in [0.2, 0.25) is 5.91 Å². The lowest BCUT2D eigenvalue weighted by molar-refractivity contribution is -0.153. The van der Waals surface area contributed by atoms with Gasteiger partial charge >= 0.3 is 0 Å². The molecular formula is C14H24N4O2. The smallest absolute Gasteiger partial charge is 0.226 e. The Morgan fingerprint density at radius 1 is 1.65 bits per heavy atom. The number of nitrogens with zero attached hydrogens (tertiary/aromatic N) is 3. The van der Waals surface area contributed by atoms with E-state index in [9.17, 15) is 4.79 Å². The predicted molar refractivity (Wildman–Crippen MR) is 76.2 cm³/mol. The average Bonchev–Trinajstić information content (AvgIpc) is 2.86. The minimum Gasteiger partial charge on any atom is -0.367 e. The van der Waals surface area contributed by atoms with Crippen molar-refractivity contribution in [1.29, 1.82) is 0 Å². The molecular weight excluding hydrogens is 256 g/mol. The molecule has 0 aromatic carbocycles. The third kappa shape index (κ3) is 3.02. The zero-order valence-electron chi connectivity index (χ0n) is 12.7. The molecule has 6 nitrogen and oxygen atoms in total. The van der Waals surface area contributed by atoms with Gasteiger partial charge in [-0.25, -0.2) is 0 Å². The highest BCUT2D eigenvalue weighted by atomic mass is 16.5. The number of carbonyl (C=O) groups is 1. The number of hydrogen-bond acceptors (Lipinski definition) is 4. The average molecular weight is 280 g/mol. The summed E-state index contributed by atoms with van der Waals surface area (Å²) in [5.74, 6) is 0.161. The Hall–Kier alpha value is -1.40. The molecule has 2 unspecified atom stereocenters. The Balaban J connectivity index is 2.10. The van der Waals surface area contributed by atoms with Crippen LogP contribution in [-0.4, -0.2) is 53.9 Å². The molecule has 2 rings (SSSR count). The second-order valence-corrected chi connectivity index (χ2v) is 5.70. The van der Waals surface area contributed by atoms with Crippen molar-refractivity contribution >= 4 is 5.91 Å². The van der Waals surface area contributed by atoms with E-state index in [-0.39, 0.29) is 11.8 Å². The maximum absolute atomic E-state index is 12.4. The first-order valence-electron chi connectivity index (χ1n) is 7.03. The molecule has 0 spiro atoms. The standard InChI is InChI=1S/C14H24N4O2/c1-11(7-15-3)13(19)18-5-6-20-14(2,10-18)12-8-16-17(4)9-12/h8-9,11,15H,5-7,10H2,1-4H3. The fraction of sp³-hybridized carbons (Fsp3) is 0.714. The number of carbonyl (C=O) groups excluding carboxylic acids is 1. The summed E-state index contributed by atoms with van der Waals surface area (Å²) in [5, 5.41) is 7.25. The third-order valence-corrected chi connectivity index (χ3v) is 3.83. The Labute approximate surface area is 120 Å². The van der Waals surface area contributed by atoms with E-state index in [0.717, 1.165) is 5.56 Å². The van der Waals surface area contributed by atoms with Gasteiger partial charge in [-0.2, -0.15) is 5.10 Å². The molecule has 2 heterocycles. The zero-order valence-corrected chi connectivity index (χ0v) is 12.7. The van der Waals surface area contributed by atoms with Crippen molar-refractivity contribution < 1.29 is 9.53 Å². The van der Waals surface area contributed by atoms with Crippen LogP contribution in [0, 0.1) is 5.92 Å². The monoisotopic (exact) mass is 280 g/mol. The summed E-state index contributed by atoms with van der Waals surface area (Å²) in [4.78, 5) is 14.3. The Bertz CT molecular complexity index is 473. The summed E-state index contributed by atoms with van der Waals surface area (Å²) < 4.78 is 7.68. The van der Waals surface area contributed by atoms with Gasteiger partial charge in [0.05, 0.1) is 19.3 Å². The molecule has 0 bridgehead atoms. The largest absolute Gasteiger partial charge is 0.367 e. The molecule has 1 amide bonds. The van der Waals surface area contributed by atoms with Crippen LogP contribution < -0.4 is 5.32 Å². The van der Waals surface area contributed by atoms with Crippen LogP contribution in [0.5, 0.6) is 0 Å². The van der Waals surface area contributed by atoms with E-state index in [1.54, 1.807) is 4.68 Å². The number of aryl methyl sites for hydroxylation is 1. The van der Waals surface area contributed by atoms with Crippen LogP contribution in [-0.2, 0) is 22.2 Å². The number of morpholine rings is 1. The first kappa shape index (κ1) is 15.0. The summed E-state index contributed by atoms with van der Waals surface area (Å²) in [6.07, 6.45) is 3.76. The molecule has 1 aromatic rings. The molecule has 0 aliphatic carbocycles. The molecule has 112 valence electrons. The van der Waals surface area contributed by atoms with Crippen LogP contribution in [0.1, 0.15) is 19.4 Å². The number of rotatable bonds is 4. The molecule has 1 aliphatic rings. The molecule has 1 aliphatic heterocycles. The first-order chi connectivity index (χ1) is 9.46. The van der Waals surface area contributed by atoms with Crippen molar-refractivity contribution in [3.63, 3.8) is 0 Å². The molecule has 2 atom stereocenters. The maximum atomic E-state index is 12.4. The highest BCUT2D eigenvalue weighted by Gasteiger charge is 2.37. The van der Waals surface area contributed by atoms with Gasteiger partial charge in [-0.15, -0.1) is 0 Å². The third-order valence-electron chi connectivity index (χ3n) is 3.83. The lowest BCUT2D eigenvalue weighted by Gasteiger charge is -2.41. The summed E-state index contributed by atoms with van der Waals surface area (Å²) in [6.45, 7) is 6.46. The lowest BCUT2D eigenvalue weighted by Crippen LogP contribution is -2.52. The van der Waals surface area contributed by atoms with Crippen molar-refractivity contribution in [3.05, 3.63) is 18.0 Å². The summed E-state index contributed by atoms with van der Waals surface area (Å²) in [7, 11) is 3.75. The molecule has 1 fully saturated rings. The Kier molecular flexibility index (Phi) is 4.45. The Morgan fingerprint density at radius 2 is 2.40 bits per heavy atom. The van der Waals surface area contributed by atoms with Crippen LogP contribution in [0.2, 0.25) is 0 Å². The molecule has 20 heavy (non-hydrogen) atoms. The second-order valence-electron chi connectivity index (χ2n) is 5.70. The van der Waals surface area contributed by atoms with Crippen LogP contribution in [0.4, 0.5) is 0 Å². The molecule has 0 saturated carbocycles. The van der Waals surface area contributed by atoms with Crippen molar-refractivity contribution in [2.45, 2.75) is 19.4 Å². The van der Waals surface area contributed by atoms with Crippen molar-refractivity contribution in [3.8, 4) is 0 Å². The quantitative estimate of drug-likeness (QED) is 0.864. The molecule has 1 N–H and O–H groups in total. The van der Waals surface area contributed by atoms with Gasteiger partial charge in [-0.1, -0.05) is 6.92 Å². The SMILES string of the molecule is CNCC(C)C(=O)N1CCOC(C)(c2cnn(C)c2)C1. The zero-order chi connectivity index (χ0) is 14.8. The van der Waals surface area contributed by atoms with Crippen molar-refractivity contribution in [1.82, 2.24) is 20.0 Å². The molecule has 1 saturated heterocycles. The number of nitrogens with one attached hydrogen (secondary N) is 1. The van der Waals surface area contributed by atoms with E-state index in [1.165, 1.54) is 0 Å². The fourth-order valence-corrected chi connectivity index (χ4v) is 2.63. The van der Waals surface area contributed by atoms with Gasteiger partial charge in [0.25, 0.3) is 0 Å². The predicted octanol–water partition coefficient (Wildman–Crippen LogP) is 0.350. The van der Waals surface area contributed by atoms with E-state index >= 15 is 0 Å². The fourth-order valence-electron chi connectivity index (χ4n) is 2.63. The van der Waals surface area contributed by atoms with Crippen LogP contribution in [0.15, 0.2) is 12.4 Å². The molecule has 6 heteroatoms. The minimum absolute atomic E-state index is 0.0174. The first-order valence-corrected chi connectivity index (χ1v) is 7.03. The van der Waals surface area contributed by atoms with E-state index in [4.69, 9.17) is 4.74 Å². The van der Waals surface area contributed by atoms with Crippen molar-refractivity contribution in [2.75, 3.05) is 33.3 Å². The highest BCUT2D eigenvalue weighted by molar-refractivity contribution is 5.79. The topological polar surface area (TPSA) is 59.4 Å². The molecule has 1 aromatic heterocycles. The number of aromatic nitrogens is 2. The van der Waals surface area contributed by atoms with Crippen LogP contribution in [0.25, 0.3) is 0 Å².